The van der Waals surface area contributed by atoms with Crippen molar-refractivity contribution < 1.29 is 33.8 Å². The number of halogens is 1. The van der Waals surface area contributed by atoms with Crippen molar-refractivity contribution in [2.24, 2.45) is 17.8 Å². The highest BCUT2D eigenvalue weighted by Crippen LogP contribution is 2.61. The van der Waals surface area contributed by atoms with Gasteiger partial charge >= 0.3 is 5.97 Å². The standard InChI is InChI=1S/C31H48BrN3O7/c1-9-11-12-22(37)33-16-19(5)41-29(40)23-24-27(38)35(20(17-36)14-18(3)4)26(31(24)15-21(32)25(23)42-31)28(39)34(13-10-2)30(6,7)8/h9-10,18-21,23-26,36H,1-2,11-17H2,3-8H3,(H,33,37)/t19-,20-,21?,23-,24+,25-,26-,31+/m1/s1. The average molecular weight is 655 g/mol. The Labute approximate surface area is 258 Å². The van der Waals surface area contributed by atoms with Gasteiger partial charge in [-0.2, -0.15) is 0 Å². The number of fused-ring (bicyclic) bond motifs is 1. The Morgan fingerprint density at radius 1 is 1.26 bits per heavy atom. The molecule has 3 fully saturated rings. The highest BCUT2D eigenvalue weighted by atomic mass is 79.9. The Hall–Kier alpha value is -2.24. The van der Waals surface area contributed by atoms with Gasteiger partial charge in [-0.05, 0) is 52.9 Å². The van der Waals surface area contributed by atoms with Crippen LogP contribution in [0.3, 0.4) is 0 Å². The number of hydrogen-bond acceptors (Lipinski definition) is 7. The van der Waals surface area contributed by atoms with Gasteiger partial charge in [-0.1, -0.05) is 41.9 Å². The van der Waals surface area contributed by atoms with Crippen LogP contribution in [0.4, 0.5) is 0 Å². The summed E-state index contributed by atoms with van der Waals surface area (Å²) < 4.78 is 12.3. The van der Waals surface area contributed by atoms with E-state index in [1.165, 1.54) is 4.90 Å². The number of ether oxygens (including phenoxy) is 2. The van der Waals surface area contributed by atoms with E-state index in [-0.39, 0.29) is 54.6 Å². The largest absolute Gasteiger partial charge is 0.460 e. The molecule has 2 N–H and O–H groups in total. The first-order valence-corrected chi connectivity index (χ1v) is 15.8. The molecule has 2 bridgehead atoms. The fourth-order valence-corrected chi connectivity index (χ4v) is 7.64. The number of carbonyl (C=O) groups is 4. The molecule has 3 aliphatic heterocycles. The molecule has 3 rings (SSSR count). The van der Waals surface area contributed by atoms with E-state index in [2.05, 4.69) is 34.4 Å². The number of nitrogens with zero attached hydrogens (tertiary/aromatic N) is 2. The summed E-state index contributed by atoms with van der Waals surface area (Å²) in [4.78, 5) is 57.5. The molecule has 0 saturated carbocycles. The number of allylic oxidation sites excluding steroid dienone is 1. The number of likely N-dealkylation sites (tertiary alicyclic amines) is 1. The van der Waals surface area contributed by atoms with Gasteiger partial charge in [0.15, 0.2) is 0 Å². The van der Waals surface area contributed by atoms with Crippen LogP contribution < -0.4 is 5.32 Å². The Kier molecular flexibility index (Phi) is 11.1. The fraction of sp³-hybridized carbons (Fsp3) is 0.742. The molecule has 1 unspecified atom stereocenters. The average Bonchev–Trinajstić information content (AvgIpc) is 3.50. The summed E-state index contributed by atoms with van der Waals surface area (Å²) in [6.07, 6.45) is 3.66. The lowest BCUT2D eigenvalue weighted by molar-refractivity contribution is -0.160. The lowest BCUT2D eigenvalue weighted by atomic mass is 9.70. The third kappa shape index (κ3) is 6.63. The zero-order chi connectivity index (χ0) is 31.6. The molecule has 10 nitrogen and oxygen atoms in total. The van der Waals surface area contributed by atoms with Gasteiger partial charge in [-0.3, -0.25) is 19.2 Å². The predicted octanol–water partition coefficient (Wildman–Crippen LogP) is 2.97. The van der Waals surface area contributed by atoms with Crippen molar-refractivity contribution in [3.05, 3.63) is 25.3 Å². The molecule has 0 radical (unpaired) electrons. The number of aliphatic hydroxyl groups is 1. The van der Waals surface area contributed by atoms with Crippen LogP contribution in [0.25, 0.3) is 0 Å². The van der Waals surface area contributed by atoms with E-state index in [9.17, 15) is 24.3 Å². The third-order valence-corrected chi connectivity index (χ3v) is 9.29. The number of hydrogen-bond donors (Lipinski definition) is 2. The topological polar surface area (TPSA) is 125 Å². The molecule has 1 spiro atoms. The van der Waals surface area contributed by atoms with Gasteiger partial charge < -0.3 is 29.7 Å². The number of nitrogens with one attached hydrogen (secondary N) is 1. The van der Waals surface area contributed by atoms with Crippen LogP contribution in [0.1, 0.15) is 67.2 Å². The van der Waals surface area contributed by atoms with Crippen molar-refractivity contribution in [1.29, 1.82) is 0 Å². The highest BCUT2D eigenvalue weighted by Gasteiger charge is 2.77. The lowest BCUT2D eigenvalue weighted by Crippen LogP contribution is -2.62. The number of rotatable bonds is 14. The molecule has 11 heteroatoms. The van der Waals surface area contributed by atoms with E-state index in [0.29, 0.717) is 19.3 Å². The smallest absolute Gasteiger partial charge is 0.312 e. The summed E-state index contributed by atoms with van der Waals surface area (Å²) >= 11 is 3.68. The second kappa shape index (κ2) is 13.6. The van der Waals surface area contributed by atoms with Crippen molar-refractivity contribution in [1.82, 2.24) is 15.1 Å². The van der Waals surface area contributed by atoms with Crippen LogP contribution >= 0.6 is 15.9 Å². The van der Waals surface area contributed by atoms with E-state index in [1.54, 1.807) is 24.0 Å². The van der Waals surface area contributed by atoms with E-state index in [4.69, 9.17) is 9.47 Å². The molecule has 3 saturated heterocycles. The molecule has 3 heterocycles. The molecule has 42 heavy (non-hydrogen) atoms. The maximum Gasteiger partial charge on any atom is 0.312 e. The van der Waals surface area contributed by atoms with Gasteiger partial charge in [-0.25, -0.2) is 0 Å². The van der Waals surface area contributed by atoms with E-state index in [1.807, 2.05) is 34.6 Å². The van der Waals surface area contributed by atoms with Crippen LogP contribution in [0, 0.1) is 17.8 Å². The van der Waals surface area contributed by atoms with Gasteiger partial charge in [0, 0.05) is 23.3 Å². The summed E-state index contributed by atoms with van der Waals surface area (Å²) in [5.74, 6) is -3.21. The van der Waals surface area contributed by atoms with Crippen molar-refractivity contribution in [3.8, 4) is 0 Å². The second-order valence-electron chi connectivity index (χ2n) is 13.2. The van der Waals surface area contributed by atoms with Gasteiger partial charge in [0.1, 0.15) is 17.7 Å². The minimum absolute atomic E-state index is 0.123. The molecule has 8 atom stereocenters. The first-order chi connectivity index (χ1) is 19.6. The second-order valence-corrected chi connectivity index (χ2v) is 14.3. The molecular weight excluding hydrogens is 606 g/mol. The Morgan fingerprint density at radius 2 is 1.93 bits per heavy atom. The van der Waals surface area contributed by atoms with Crippen molar-refractivity contribution in [2.75, 3.05) is 19.7 Å². The normalized spacial score (nSPS) is 29.7. The third-order valence-electron chi connectivity index (χ3n) is 8.45. The Bertz CT molecular complexity index is 1060. The van der Waals surface area contributed by atoms with E-state index < -0.39 is 53.2 Å². The van der Waals surface area contributed by atoms with Gasteiger partial charge in [-0.15, -0.1) is 13.2 Å². The van der Waals surface area contributed by atoms with Crippen LogP contribution in [0.5, 0.6) is 0 Å². The lowest BCUT2D eigenvalue weighted by Gasteiger charge is -2.43. The number of carbonyl (C=O) groups excluding carboxylic acids is 4. The molecular formula is C31H48BrN3O7. The first kappa shape index (κ1) is 34.3. The summed E-state index contributed by atoms with van der Waals surface area (Å²) in [6.45, 7) is 18.9. The number of alkyl halides is 1. The maximum atomic E-state index is 14.5. The van der Waals surface area contributed by atoms with Crippen molar-refractivity contribution in [3.63, 3.8) is 0 Å². The Balaban J connectivity index is 1.98. The van der Waals surface area contributed by atoms with Crippen molar-refractivity contribution in [2.45, 2.75) is 107 Å². The highest BCUT2D eigenvalue weighted by molar-refractivity contribution is 9.09. The van der Waals surface area contributed by atoms with Crippen LogP contribution in [-0.2, 0) is 28.7 Å². The molecule has 3 aliphatic rings. The van der Waals surface area contributed by atoms with Gasteiger partial charge in [0.25, 0.3) is 0 Å². The fourth-order valence-electron chi connectivity index (χ4n) is 6.70. The summed E-state index contributed by atoms with van der Waals surface area (Å²) in [7, 11) is 0. The zero-order valence-corrected chi connectivity index (χ0v) is 27.4. The van der Waals surface area contributed by atoms with Crippen molar-refractivity contribution >= 4 is 39.6 Å². The minimum atomic E-state index is -1.27. The van der Waals surface area contributed by atoms with Crippen LogP contribution in [-0.4, -0.2) is 98.6 Å². The number of amides is 3. The monoisotopic (exact) mass is 653 g/mol. The number of esters is 1. The molecule has 3 amide bonds. The maximum absolute atomic E-state index is 14.5. The molecule has 0 aromatic rings. The SMILES string of the molecule is C=CCCC(=O)NC[C@@H](C)OC(=O)[C@H]1[C@@H]2O[C@@]3(CC2Br)[C@@H]1C(=O)N([C@@H](CO)CC(C)C)[C@@H]3C(=O)N(CC=C)C(C)(C)C. The van der Waals surface area contributed by atoms with Crippen LogP contribution in [0.2, 0.25) is 0 Å². The molecule has 0 aromatic heterocycles. The summed E-state index contributed by atoms with van der Waals surface area (Å²) in [5, 5.41) is 13.2. The number of aliphatic hydroxyl groups excluding tert-OH is 1. The summed E-state index contributed by atoms with van der Waals surface area (Å²) in [5.41, 5.74) is -1.86. The predicted molar refractivity (Wildman–Crippen MR) is 163 cm³/mol. The molecule has 0 aromatic carbocycles. The zero-order valence-electron chi connectivity index (χ0n) is 25.8. The van der Waals surface area contributed by atoms with Gasteiger partial charge in [0.2, 0.25) is 17.7 Å². The minimum Gasteiger partial charge on any atom is -0.460 e. The quantitative estimate of drug-likeness (QED) is 0.168. The first-order valence-electron chi connectivity index (χ1n) is 14.9. The van der Waals surface area contributed by atoms with Crippen LogP contribution in [0.15, 0.2) is 25.3 Å². The van der Waals surface area contributed by atoms with Gasteiger partial charge in [0.05, 0.1) is 37.1 Å². The molecule has 0 aliphatic carbocycles. The Morgan fingerprint density at radius 3 is 2.48 bits per heavy atom. The van der Waals surface area contributed by atoms with E-state index >= 15 is 0 Å². The summed E-state index contributed by atoms with van der Waals surface area (Å²) in [6, 6.07) is -1.66. The van der Waals surface area contributed by atoms with E-state index in [0.717, 1.165) is 0 Å². The molecule has 236 valence electrons.